The van der Waals surface area contributed by atoms with E-state index in [2.05, 4.69) is 22.8 Å². The van der Waals surface area contributed by atoms with E-state index in [1.807, 2.05) is 6.07 Å². The van der Waals surface area contributed by atoms with Gasteiger partial charge in [0.15, 0.2) is 0 Å². The van der Waals surface area contributed by atoms with Crippen molar-refractivity contribution in [3.63, 3.8) is 0 Å². The molecular formula is C16H18N2O2. The second-order valence-corrected chi connectivity index (χ2v) is 5.50. The molecule has 2 amide bonds. The third-order valence-electron chi connectivity index (χ3n) is 4.07. The molecule has 1 aromatic carbocycles. The molecule has 2 N–H and O–H groups in total. The number of hydrogen-bond acceptors (Lipinski definition) is 2. The molecule has 0 radical (unpaired) electrons. The summed E-state index contributed by atoms with van der Waals surface area (Å²) in [5.41, 5.74) is 0.572. The SMILES string of the molecule is O=C(CNC(=O)c1ccccc1)NC1CC2C=CC1C2. The second kappa shape index (κ2) is 5.49. The Morgan fingerprint density at radius 3 is 2.55 bits per heavy atom. The van der Waals surface area contributed by atoms with Gasteiger partial charge in [-0.25, -0.2) is 0 Å². The molecule has 0 heterocycles. The highest BCUT2D eigenvalue weighted by molar-refractivity contribution is 5.96. The molecule has 3 atom stereocenters. The van der Waals surface area contributed by atoms with Crippen LogP contribution in [0.15, 0.2) is 42.5 Å². The molecule has 4 nitrogen and oxygen atoms in total. The van der Waals surface area contributed by atoms with Crippen molar-refractivity contribution in [2.75, 3.05) is 6.54 Å². The summed E-state index contributed by atoms with van der Waals surface area (Å²) >= 11 is 0. The van der Waals surface area contributed by atoms with Gasteiger partial charge in [0.2, 0.25) is 5.91 Å². The maximum atomic E-state index is 11.9. The molecule has 1 saturated carbocycles. The quantitative estimate of drug-likeness (QED) is 0.815. The average molecular weight is 270 g/mol. The van der Waals surface area contributed by atoms with Gasteiger partial charge in [0.05, 0.1) is 6.54 Å². The maximum absolute atomic E-state index is 11.9. The van der Waals surface area contributed by atoms with Crippen molar-refractivity contribution in [2.24, 2.45) is 11.8 Å². The van der Waals surface area contributed by atoms with Crippen molar-refractivity contribution in [2.45, 2.75) is 18.9 Å². The predicted octanol–water partition coefficient (Wildman–Crippen LogP) is 1.50. The molecule has 1 aromatic rings. The van der Waals surface area contributed by atoms with Crippen molar-refractivity contribution in [1.82, 2.24) is 10.6 Å². The van der Waals surface area contributed by atoms with Crippen LogP contribution in [0.5, 0.6) is 0 Å². The predicted molar refractivity (Wildman–Crippen MR) is 76.1 cm³/mol. The van der Waals surface area contributed by atoms with E-state index < -0.39 is 0 Å². The first kappa shape index (κ1) is 12.9. The molecule has 2 aliphatic carbocycles. The zero-order valence-corrected chi connectivity index (χ0v) is 11.2. The monoisotopic (exact) mass is 270 g/mol. The Morgan fingerprint density at radius 2 is 1.90 bits per heavy atom. The molecule has 0 spiro atoms. The second-order valence-electron chi connectivity index (χ2n) is 5.50. The van der Waals surface area contributed by atoms with Crippen molar-refractivity contribution < 1.29 is 9.59 Å². The van der Waals surface area contributed by atoms with Gasteiger partial charge >= 0.3 is 0 Å². The Bertz CT molecular complexity index is 539. The summed E-state index contributed by atoms with van der Waals surface area (Å²) in [6.07, 6.45) is 6.62. The van der Waals surface area contributed by atoms with Crippen molar-refractivity contribution in [3.8, 4) is 0 Å². The zero-order valence-electron chi connectivity index (χ0n) is 11.2. The molecule has 0 aliphatic heterocycles. The van der Waals surface area contributed by atoms with Gasteiger partial charge in [-0.1, -0.05) is 30.4 Å². The summed E-state index contributed by atoms with van der Waals surface area (Å²) in [5, 5.41) is 5.66. The lowest BCUT2D eigenvalue weighted by Gasteiger charge is -2.19. The zero-order chi connectivity index (χ0) is 13.9. The molecule has 20 heavy (non-hydrogen) atoms. The van der Waals surface area contributed by atoms with E-state index in [0.29, 0.717) is 17.4 Å². The first-order valence-electron chi connectivity index (χ1n) is 7.03. The highest BCUT2D eigenvalue weighted by Crippen LogP contribution is 2.38. The fraction of sp³-hybridized carbons (Fsp3) is 0.375. The van der Waals surface area contributed by atoms with E-state index >= 15 is 0 Å². The highest BCUT2D eigenvalue weighted by atomic mass is 16.2. The van der Waals surface area contributed by atoms with Crippen LogP contribution in [0.1, 0.15) is 23.2 Å². The van der Waals surface area contributed by atoms with Gasteiger partial charge < -0.3 is 10.6 Å². The summed E-state index contributed by atoms with van der Waals surface area (Å²) in [5.74, 6) is 0.784. The van der Waals surface area contributed by atoms with Crippen LogP contribution in [0.3, 0.4) is 0 Å². The smallest absolute Gasteiger partial charge is 0.251 e. The molecule has 4 heteroatoms. The lowest BCUT2D eigenvalue weighted by Crippen LogP contribution is -2.43. The van der Waals surface area contributed by atoms with E-state index in [1.165, 1.54) is 0 Å². The van der Waals surface area contributed by atoms with Crippen LogP contribution in [-0.4, -0.2) is 24.4 Å². The molecule has 2 aliphatic rings. The lowest BCUT2D eigenvalue weighted by molar-refractivity contribution is -0.121. The topological polar surface area (TPSA) is 58.2 Å². The summed E-state index contributed by atoms with van der Waals surface area (Å²) in [6.45, 7) is 0.0331. The lowest BCUT2D eigenvalue weighted by atomic mass is 10.0. The molecule has 0 saturated heterocycles. The molecule has 2 bridgehead atoms. The molecule has 1 fully saturated rings. The van der Waals surface area contributed by atoms with Gasteiger partial charge in [-0.2, -0.15) is 0 Å². The van der Waals surface area contributed by atoms with Gasteiger partial charge in [-0.15, -0.1) is 0 Å². The van der Waals surface area contributed by atoms with E-state index in [0.717, 1.165) is 12.8 Å². The minimum absolute atomic E-state index is 0.0331. The number of hydrogen-bond donors (Lipinski definition) is 2. The van der Waals surface area contributed by atoms with Gasteiger partial charge in [0.25, 0.3) is 5.91 Å². The van der Waals surface area contributed by atoms with Gasteiger partial charge in [0.1, 0.15) is 0 Å². The molecule has 104 valence electrons. The van der Waals surface area contributed by atoms with Crippen molar-refractivity contribution in [1.29, 1.82) is 0 Å². The van der Waals surface area contributed by atoms with Crippen LogP contribution in [0.25, 0.3) is 0 Å². The number of amides is 2. The fourth-order valence-corrected chi connectivity index (χ4v) is 3.06. The summed E-state index contributed by atoms with van der Waals surface area (Å²) < 4.78 is 0. The molecule has 0 aromatic heterocycles. The standard InChI is InChI=1S/C16H18N2O2/c19-15(18-14-9-11-6-7-13(14)8-11)10-17-16(20)12-4-2-1-3-5-12/h1-7,11,13-14H,8-10H2,(H,17,20)(H,18,19). The third kappa shape index (κ3) is 2.74. The largest absolute Gasteiger partial charge is 0.351 e. The molecule has 3 rings (SSSR count). The fourth-order valence-electron chi connectivity index (χ4n) is 3.06. The number of carbonyl (C=O) groups is 2. The van der Waals surface area contributed by atoms with Gasteiger partial charge in [-0.05, 0) is 36.8 Å². The minimum atomic E-state index is -0.214. The van der Waals surface area contributed by atoms with E-state index in [1.54, 1.807) is 24.3 Å². The van der Waals surface area contributed by atoms with Gasteiger partial charge in [-0.3, -0.25) is 9.59 Å². The Kier molecular flexibility index (Phi) is 3.54. The summed E-state index contributed by atoms with van der Waals surface area (Å²) in [4.78, 5) is 23.7. The van der Waals surface area contributed by atoms with Crippen molar-refractivity contribution >= 4 is 11.8 Å². The third-order valence-corrected chi connectivity index (χ3v) is 4.07. The van der Waals surface area contributed by atoms with E-state index in [-0.39, 0.29) is 24.4 Å². The number of nitrogens with one attached hydrogen (secondary N) is 2. The normalized spacial score (nSPS) is 26.5. The number of allylic oxidation sites excluding steroid dienone is 1. The number of benzene rings is 1. The van der Waals surface area contributed by atoms with E-state index in [9.17, 15) is 9.59 Å². The number of fused-ring (bicyclic) bond motifs is 2. The maximum Gasteiger partial charge on any atom is 0.251 e. The highest BCUT2D eigenvalue weighted by Gasteiger charge is 2.36. The molecular weight excluding hydrogens is 252 g/mol. The Hall–Kier alpha value is -2.10. The van der Waals surface area contributed by atoms with Crippen LogP contribution in [0.4, 0.5) is 0 Å². The van der Waals surface area contributed by atoms with Crippen molar-refractivity contribution in [3.05, 3.63) is 48.0 Å². The molecule has 3 unspecified atom stereocenters. The Morgan fingerprint density at radius 1 is 1.10 bits per heavy atom. The van der Waals surface area contributed by atoms with Gasteiger partial charge in [0, 0.05) is 11.6 Å². The van der Waals surface area contributed by atoms with Crippen LogP contribution in [0, 0.1) is 11.8 Å². The van der Waals surface area contributed by atoms with Crippen LogP contribution < -0.4 is 10.6 Å². The first-order valence-corrected chi connectivity index (χ1v) is 7.03. The average Bonchev–Trinajstić information content (AvgIpc) is 3.08. The Balaban J connectivity index is 1.46. The minimum Gasteiger partial charge on any atom is -0.351 e. The number of carbonyl (C=O) groups excluding carboxylic acids is 2. The Labute approximate surface area is 118 Å². The van der Waals surface area contributed by atoms with E-state index in [4.69, 9.17) is 0 Å². The number of rotatable bonds is 4. The van der Waals surface area contributed by atoms with Crippen LogP contribution in [-0.2, 0) is 4.79 Å². The van der Waals surface area contributed by atoms with Crippen LogP contribution in [0.2, 0.25) is 0 Å². The summed E-state index contributed by atoms with van der Waals surface area (Å²) in [6, 6.07) is 9.16. The summed E-state index contributed by atoms with van der Waals surface area (Å²) in [7, 11) is 0. The first-order chi connectivity index (χ1) is 9.72. The van der Waals surface area contributed by atoms with Crippen LogP contribution >= 0.6 is 0 Å².